The molecule has 36 heavy (non-hydrogen) atoms. The van der Waals surface area contributed by atoms with Gasteiger partial charge in [0.15, 0.2) is 17.1 Å². The second-order valence-electron chi connectivity index (χ2n) is 11.1. The predicted molar refractivity (Wildman–Crippen MR) is 129 cm³/mol. The molecule has 0 spiro atoms. The van der Waals surface area contributed by atoms with Crippen molar-refractivity contribution in [3.63, 3.8) is 0 Å². The van der Waals surface area contributed by atoms with Crippen molar-refractivity contribution in [3.8, 4) is 0 Å². The smallest absolute Gasteiger partial charge is 0.306 e. The summed E-state index contributed by atoms with van der Waals surface area (Å²) in [5.74, 6) is -2.70. The molecule has 3 saturated carbocycles. The minimum Gasteiger partial charge on any atom is -0.449 e. The second kappa shape index (κ2) is 8.75. The van der Waals surface area contributed by atoms with E-state index >= 15 is 8.78 Å². The van der Waals surface area contributed by atoms with E-state index in [4.69, 9.17) is 4.74 Å². The van der Waals surface area contributed by atoms with Crippen LogP contribution in [0.3, 0.4) is 0 Å². The van der Waals surface area contributed by atoms with E-state index in [1.54, 1.807) is 13.8 Å². The van der Waals surface area contributed by atoms with Crippen LogP contribution >= 0.6 is 11.8 Å². The van der Waals surface area contributed by atoms with Gasteiger partial charge in [-0.05, 0) is 56.3 Å². The topological polar surface area (TPSA) is 101 Å². The molecule has 3 fully saturated rings. The standard InChI is InChI=1S/C26H33F2NO6S/c1-6-20(32)35-25(21(33)36-22(34)29(4)5)10-8-15-16-12-18(27)17-11-14(30)7-9-23(17,2)26(16,28)19(31)13-24(15,25)3/h7,9,11,15-16,18-19,31H,6,8,10,12-13H2,1-5H3/t15-,16-,18-,19-,23-,24-,25-,26-/m0/s1. The maximum atomic E-state index is 17.3. The number of nitrogens with zero attached hydrogens (tertiary/aromatic N) is 1. The summed E-state index contributed by atoms with van der Waals surface area (Å²) < 4.78 is 38.6. The molecule has 198 valence electrons. The van der Waals surface area contributed by atoms with Crippen LogP contribution in [0.25, 0.3) is 0 Å². The average Bonchev–Trinajstić information content (AvgIpc) is 3.09. The number of halogens is 2. The number of esters is 1. The van der Waals surface area contributed by atoms with Gasteiger partial charge >= 0.3 is 5.97 Å². The van der Waals surface area contributed by atoms with Crippen molar-refractivity contribution in [1.29, 1.82) is 0 Å². The van der Waals surface area contributed by atoms with Crippen molar-refractivity contribution < 1.29 is 37.8 Å². The minimum atomic E-state index is -2.30. The first-order valence-electron chi connectivity index (χ1n) is 12.3. The van der Waals surface area contributed by atoms with Crippen LogP contribution in [0, 0.1) is 22.7 Å². The number of carbonyl (C=O) groups excluding carboxylic acids is 4. The summed E-state index contributed by atoms with van der Waals surface area (Å²) in [6.07, 6.45) is 0.207. The van der Waals surface area contributed by atoms with Gasteiger partial charge in [0.1, 0.15) is 6.17 Å². The first-order chi connectivity index (χ1) is 16.7. The van der Waals surface area contributed by atoms with Crippen molar-refractivity contribution in [1.82, 2.24) is 4.90 Å². The van der Waals surface area contributed by atoms with Crippen molar-refractivity contribution in [2.75, 3.05) is 14.1 Å². The SMILES string of the molecule is CCC(=O)O[C@]1(C(=O)SC(=O)N(C)C)CC[C@H]2[C@@H]3C[C@H](F)C4=CC(=O)C=C[C@]4(C)[C@@]3(F)[C@@H](O)C[C@@]21C. The number of hydrogen-bond acceptors (Lipinski definition) is 7. The molecule has 7 nitrogen and oxygen atoms in total. The van der Waals surface area contributed by atoms with Crippen LogP contribution < -0.4 is 0 Å². The van der Waals surface area contributed by atoms with E-state index in [0.717, 1.165) is 6.08 Å². The van der Waals surface area contributed by atoms with Crippen LogP contribution in [0.4, 0.5) is 13.6 Å². The molecular weight excluding hydrogens is 492 g/mol. The van der Waals surface area contributed by atoms with Gasteiger partial charge in [-0.25, -0.2) is 8.78 Å². The van der Waals surface area contributed by atoms with Crippen molar-refractivity contribution in [2.24, 2.45) is 22.7 Å². The van der Waals surface area contributed by atoms with Crippen molar-refractivity contribution in [3.05, 3.63) is 23.8 Å². The zero-order valence-corrected chi connectivity index (χ0v) is 22.0. The highest BCUT2D eigenvalue weighted by atomic mass is 32.2. The van der Waals surface area contributed by atoms with Crippen molar-refractivity contribution in [2.45, 2.75) is 76.4 Å². The Labute approximate surface area is 213 Å². The molecule has 1 N–H and O–H groups in total. The fourth-order valence-corrected chi connectivity index (χ4v) is 8.14. The summed E-state index contributed by atoms with van der Waals surface area (Å²) >= 11 is 0.422. The van der Waals surface area contributed by atoms with Crippen LogP contribution in [0.1, 0.15) is 52.9 Å². The van der Waals surface area contributed by atoms with Gasteiger partial charge in [-0.15, -0.1) is 0 Å². The lowest BCUT2D eigenvalue weighted by atomic mass is 9.44. The maximum Gasteiger partial charge on any atom is 0.306 e. The molecule has 0 unspecified atom stereocenters. The predicted octanol–water partition coefficient (Wildman–Crippen LogP) is 3.94. The third-order valence-corrected chi connectivity index (χ3v) is 10.3. The highest BCUT2D eigenvalue weighted by Crippen LogP contribution is 2.71. The number of alkyl halides is 2. The third kappa shape index (κ3) is 3.46. The number of aliphatic hydroxyl groups is 1. The fourth-order valence-electron chi connectivity index (χ4n) is 7.26. The molecule has 0 bridgehead atoms. The Morgan fingerprint density at radius 3 is 2.53 bits per heavy atom. The van der Waals surface area contributed by atoms with Gasteiger partial charge in [-0.3, -0.25) is 19.2 Å². The molecule has 8 atom stereocenters. The normalized spacial score (nSPS) is 43.1. The second-order valence-corrected chi connectivity index (χ2v) is 12.0. The molecule has 4 aliphatic carbocycles. The Bertz CT molecular complexity index is 1080. The van der Waals surface area contributed by atoms with Crippen LogP contribution in [-0.4, -0.2) is 69.8 Å². The summed E-state index contributed by atoms with van der Waals surface area (Å²) in [7, 11) is 2.98. The zero-order chi connectivity index (χ0) is 26.8. The number of amides is 1. The number of hydrogen-bond donors (Lipinski definition) is 1. The van der Waals surface area contributed by atoms with Gasteiger partial charge in [0, 0.05) is 49.0 Å². The van der Waals surface area contributed by atoms with E-state index in [-0.39, 0.29) is 37.7 Å². The van der Waals surface area contributed by atoms with Gasteiger partial charge in [0.05, 0.1) is 6.10 Å². The molecule has 0 aliphatic heterocycles. The summed E-state index contributed by atoms with van der Waals surface area (Å²) in [6, 6.07) is 0. The molecule has 0 radical (unpaired) electrons. The first kappa shape index (κ1) is 27.0. The van der Waals surface area contributed by atoms with E-state index in [1.165, 1.54) is 38.1 Å². The number of ketones is 1. The van der Waals surface area contributed by atoms with Crippen LogP contribution in [0.5, 0.6) is 0 Å². The number of thioether (sulfide) groups is 1. The van der Waals surface area contributed by atoms with Gasteiger partial charge in [0.25, 0.3) is 5.24 Å². The Balaban J connectivity index is 1.81. The Hall–Kier alpha value is -2.07. The number of ether oxygens (including phenoxy) is 1. The van der Waals surface area contributed by atoms with E-state index in [0.29, 0.717) is 11.8 Å². The molecule has 0 aromatic rings. The van der Waals surface area contributed by atoms with E-state index in [9.17, 15) is 24.3 Å². The van der Waals surface area contributed by atoms with E-state index in [1.807, 2.05) is 0 Å². The summed E-state index contributed by atoms with van der Waals surface area (Å²) in [5, 5.41) is 10.2. The first-order valence-corrected chi connectivity index (χ1v) is 13.1. The number of carbonyl (C=O) groups is 4. The lowest BCUT2D eigenvalue weighted by molar-refractivity contribution is -0.226. The Morgan fingerprint density at radius 1 is 1.25 bits per heavy atom. The monoisotopic (exact) mass is 525 g/mol. The Kier molecular flexibility index (Phi) is 6.56. The molecule has 0 saturated heterocycles. The van der Waals surface area contributed by atoms with Crippen LogP contribution in [0.2, 0.25) is 0 Å². The number of allylic oxidation sites excluding steroid dienone is 4. The van der Waals surface area contributed by atoms with E-state index in [2.05, 4.69) is 0 Å². The quantitative estimate of drug-likeness (QED) is 0.557. The molecule has 1 amide bonds. The molecule has 4 aliphatic rings. The maximum absolute atomic E-state index is 17.3. The Morgan fingerprint density at radius 2 is 1.92 bits per heavy atom. The number of fused-ring (bicyclic) bond motifs is 5. The van der Waals surface area contributed by atoms with E-state index < -0.39 is 68.3 Å². The largest absolute Gasteiger partial charge is 0.449 e. The molecule has 0 aromatic carbocycles. The van der Waals surface area contributed by atoms with Crippen molar-refractivity contribution >= 4 is 33.9 Å². The molecular formula is C26H33F2NO6S. The zero-order valence-electron chi connectivity index (χ0n) is 21.2. The van der Waals surface area contributed by atoms with Gasteiger partial charge in [-0.2, -0.15) is 0 Å². The lowest BCUT2D eigenvalue weighted by Gasteiger charge is -2.63. The van der Waals surface area contributed by atoms with Crippen LogP contribution in [-0.2, 0) is 19.1 Å². The average molecular weight is 526 g/mol. The number of rotatable bonds is 3. The lowest BCUT2D eigenvalue weighted by Crippen LogP contribution is -2.70. The molecule has 0 heterocycles. The molecule has 4 rings (SSSR count). The highest BCUT2D eigenvalue weighted by Gasteiger charge is 2.76. The minimum absolute atomic E-state index is 0.0151. The number of aliphatic hydroxyl groups excluding tert-OH is 1. The summed E-state index contributed by atoms with van der Waals surface area (Å²) in [5.41, 5.74) is -6.84. The van der Waals surface area contributed by atoms with Gasteiger partial charge in [0.2, 0.25) is 5.12 Å². The van der Waals surface area contributed by atoms with Crippen LogP contribution in [0.15, 0.2) is 23.8 Å². The summed E-state index contributed by atoms with van der Waals surface area (Å²) in [4.78, 5) is 51.8. The highest BCUT2D eigenvalue weighted by molar-refractivity contribution is 8.26. The van der Waals surface area contributed by atoms with Gasteiger partial charge < -0.3 is 14.7 Å². The fraction of sp³-hybridized carbons (Fsp3) is 0.692. The third-order valence-electron chi connectivity index (χ3n) is 9.20. The molecule has 0 aromatic heterocycles. The van der Waals surface area contributed by atoms with Gasteiger partial charge in [-0.1, -0.05) is 19.9 Å². The summed E-state index contributed by atoms with van der Waals surface area (Å²) in [6.45, 7) is 4.76. The molecule has 10 heteroatoms.